The zero-order valence-corrected chi connectivity index (χ0v) is 19.4. The van der Waals surface area contributed by atoms with E-state index >= 15 is 0 Å². The Hall–Kier alpha value is -1.69. The third-order valence-electron chi connectivity index (χ3n) is 5.93. The summed E-state index contributed by atoms with van der Waals surface area (Å²) in [6.07, 6.45) is 7.11. The van der Waals surface area contributed by atoms with E-state index < -0.39 is 9.84 Å². The van der Waals surface area contributed by atoms with Crippen molar-refractivity contribution < 1.29 is 12.8 Å². The van der Waals surface area contributed by atoms with Crippen LogP contribution in [0.15, 0.2) is 60.7 Å². The predicted octanol–water partition coefficient (Wildman–Crippen LogP) is 5.73. The van der Waals surface area contributed by atoms with Crippen molar-refractivity contribution in [3.05, 3.63) is 77.6 Å². The number of nitrogens with zero attached hydrogens (tertiary/aromatic N) is 1. The molecule has 0 radical (unpaired) electrons. The summed E-state index contributed by atoms with van der Waals surface area (Å²) < 4.78 is 37.6. The maximum atomic E-state index is 12.9. The first-order valence-electron chi connectivity index (χ1n) is 11.0. The van der Waals surface area contributed by atoms with Gasteiger partial charge >= 0.3 is 0 Å². The van der Waals surface area contributed by atoms with Crippen LogP contribution in [0.2, 0.25) is 0 Å². The van der Waals surface area contributed by atoms with Gasteiger partial charge in [-0.05, 0) is 74.5 Å². The molecule has 168 valence electrons. The van der Waals surface area contributed by atoms with Crippen LogP contribution in [0.3, 0.4) is 0 Å². The van der Waals surface area contributed by atoms with Gasteiger partial charge in [0.25, 0.3) is 0 Å². The molecule has 2 aromatic rings. The van der Waals surface area contributed by atoms with Gasteiger partial charge in [0.05, 0.1) is 16.9 Å². The molecule has 0 amide bonds. The first kappa shape index (κ1) is 24.0. The van der Waals surface area contributed by atoms with E-state index in [1.165, 1.54) is 12.1 Å². The molecule has 1 aliphatic heterocycles. The maximum Gasteiger partial charge on any atom is 0.153 e. The van der Waals surface area contributed by atoms with Crippen LogP contribution in [-0.4, -0.2) is 44.5 Å². The third-order valence-corrected chi connectivity index (χ3v) is 7.96. The Morgan fingerprint density at radius 1 is 1.06 bits per heavy atom. The molecule has 1 fully saturated rings. The summed E-state index contributed by atoms with van der Waals surface area (Å²) in [5, 5.41) is 0.0343. The van der Waals surface area contributed by atoms with Gasteiger partial charge < -0.3 is 4.90 Å². The van der Waals surface area contributed by atoms with Gasteiger partial charge in [0.1, 0.15) is 5.82 Å². The molecule has 1 atom stereocenters. The van der Waals surface area contributed by atoms with Crippen molar-refractivity contribution in [1.82, 2.24) is 4.90 Å². The highest BCUT2D eigenvalue weighted by Gasteiger charge is 2.21. The highest BCUT2D eigenvalue weighted by molar-refractivity contribution is 7.91. The van der Waals surface area contributed by atoms with Gasteiger partial charge in [-0.3, -0.25) is 0 Å². The van der Waals surface area contributed by atoms with Gasteiger partial charge in [-0.25, -0.2) is 12.8 Å². The summed E-state index contributed by atoms with van der Waals surface area (Å²) in [7, 11) is -3.12. The first-order chi connectivity index (χ1) is 14.9. The van der Waals surface area contributed by atoms with Crippen molar-refractivity contribution in [1.29, 1.82) is 0 Å². The second kappa shape index (κ2) is 11.8. The summed E-state index contributed by atoms with van der Waals surface area (Å²) in [5.74, 6) is 0.422. The van der Waals surface area contributed by atoms with Crippen molar-refractivity contribution in [2.75, 3.05) is 31.1 Å². The highest BCUT2D eigenvalue weighted by atomic mass is 35.5. The molecule has 1 heterocycles. The van der Waals surface area contributed by atoms with Gasteiger partial charge in [-0.2, -0.15) is 0 Å². The Bertz CT molecular complexity index is 924. The predicted molar refractivity (Wildman–Crippen MR) is 128 cm³/mol. The van der Waals surface area contributed by atoms with E-state index in [9.17, 15) is 12.8 Å². The normalized spacial score (nSPS) is 17.2. The summed E-state index contributed by atoms with van der Waals surface area (Å²) in [6, 6.07) is 16.2. The minimum Gasteiger partial charge on any atom is -0.303 e. The van der Waals surface area contributed by atoms with E-state index in [-0.39, 0.29) is 22.7 Å². The van der Waals surface area contributed by atoms with E-state index in [1.807, 2.05) is 18.2 Å². The fourth-order valence-corrected chi connectivity index (χ4v) is 5.45. The fourth-order valence-electron chi connectivity index (χ4n) is 3.96. The maximum absolute atomic E-state index is 12.9. The molecule has 0 N–H and O–H groups in total. The van der Waals surface area contributed by atoms with Gasteiger partial charge in [0, 0.05) is 0 Å². The Morgan fingerprint density at radius 2 is 1.74 bits per heavy atom. The number of sulfone groups is 1. The molecule has 0 aliphatic carbocycles. The second-order valence-corrected chi connectivity index (χ2v) is 11.1. The number of hydrogen-bond acceptors (Lipinski definition) is 3. The lowest BCUT2D eigenvalue weighted by molar-refractivity contribution is 0.180. The smallest absolute Gasteiger partial charge is 0.153 e. The van der Waals surface area contributed by atoms with Crippen molar-refractivity contribution in [2.45, 2.75) is 31.1 Å². The minimum absolute atomic E-state index is 0.0276. The van der Waals surface area contributed by atoms with Crippen molar-refractivity contribution >= 4 is 27.5 Å². The average Bonchev–Trinajstić information content (AvgIpc) is 2.79. The summed E-state index contributed by atoms with van der Waals surface area (Å²) in [4.78, 5) is 2.44. The Labute approximate surface area is 190 Å². The van der Waals surface area contributed by atoms with Crippen LogP contribution in [0.25, 0.3) is 6.08 Å². The number of rotatable bonds is 10. The molecule has 1 saturated heterocycles. The van der Waals surface area contributed by atoms with Crippen LogP contribution in [0.4, 0.5) is 4.39 Å². The lowest BCUT2D eigenvalue weighted by Gasteiger charge is -2.32. The van der Waals surface area contributed by atoms with Crippen LogP contribution in [-0.2, 0) is 9.84 Å². The van der Waals surface area contributed by atoms with Crippen LogP contribution < -0.4 is 0 Å². The Balaban J connectivity index is 1.34. The average molecular weight is 464 g/mol. The Morgan fingerprint density at radius 3 is 2.42 bits per heavy atom. The van der Waals surface area contributed by atoms with Crippen LogP contribution in [0, 0.1) is 11.7 Å². The number of hydrogen-bond donors (Lipinski definition) is 0. The molecule has 0 aromatic heterocycles. The molecule has 31 heavy (non-hydrogen) atoms. The highest BCUT2D eigenvalue weighted by Crippen LogP contribution is 2.26. The molecule has 3 rings (SSSR count). The zero-order chi connectivity index (χ0) is 22.1. The summed E-state index contributed by atoms with van der Waals surface area (Å²) in [5.41, 5.74) is 1.97. The molecule has 0 saturated carbocycles. The lowest BCUT2D eigenvalue weighted by Crippen LogP contribution is -2.35. The number of alkyl halides is 1. The fraction of sp³-hybridized carbons (Fsp3) is 0.440. The van der Waals surface area contributed by atoms with Gasteiger partial charge in [-0.1, -0.05) is 54.6 Å². The van der Waals surface area contributed by atoms with Crippen molar-refractivity contribution in [3.63, 3.8) is 0 Å². The number of benzene rings is 2. The van der Waals surface area contributed by atoms with Crippen molar-refractivity contribution in [3.8, 4) is 0 Å². The Kier molecular flexibility index (Phi) is 9.12. The van der Waals surface area contributed by atoms with E-state index in [0.29, 0.717) is 5.92 Å². The standard InChI is InChI=1S/C25H31ClFNO2S/c26-25(23-6-2-1-3-7-23)14-18-28-16-12-22(13-17-28)15-20-31(29,30)19-4-5-21-8-10-24(27)11-9-21/h1-11,22,25H,12-20H2. The molecular weight excluding hydrogens is 433 g/mol. The van der Waals surface area contributed by atoms with Crippen molar-refractivity contribution in [2.24, 2.45) is 5.92 Å². The molecule has 6 heteroatoms. The molecule has 3 nitrogen and oxygen atoms in total. The summed E-state index contributed by atoms with van der Waals surface area (Å²) in [6.45, 7) is 2.99. The summed E-state index contributed by atoms with van der Waals surface area (Å²) >= 11 is 6.53. The quantitative estimate of drug-likeness (QED) is 0.422. The minimum atomic E-state index is -3.12. The topological polar surface area (TPSA) is 37.4 Å². The van der Waals surface area contributed by atoms with Crippen LogP contribution >= 0.6 is 11.6 Å². The van der Waals surface area contributed by atoms with E-state index in [0.717, 1.165) is 56.4 Å². The van der Waals surface area contributed by atoms with Gasteiger partial charge in [0.15, 0.2) is 9.84 Å². The van der Waals surface area contributed by atoms with Crippen LogP contribution in [0.1, 0.15) is 42.2 Å². The molecule has 1 unspecified atom stereocenters. The zero-order valence-electron chi connectivity index (χ0n) is 17.8. The number of likely N-dealkylation sites (tertiary alicyclic amines) is 1. The monoisotopic (exact) mass is 463 g/mol. The second-order valence-electron chi connectivity index (χ2n) is 8.31. The molecule has 1 aliphatic rings. The van der Waals surface area contributed by atoms with E-state index in [2.05, 4.69) is 17.0 Å². The SMILES string of the molecule is O=S(=O)(CC=Cc1ccc(F)cc1)CCC1CCN(CCC(Cl)c2ccccc2)CC1. The lowest BCUT2D eigenvalue weighted by atomic mass is 9.94. The largest absolute Gasteiger partial charge is 0.303 e. The van der Waals surface area contributed by atoms with Gasteiger partial charge in [0.2, 0.25) is 0 Å². The van der Waals surface area contributed by atoms with Crippen LogP contribution in [0.5, 0.6) is 0 Å². The molecule has 0 bridgehead atoms. The van der Waals surface area contributed by atoms with E-state index in [4.69, 9.17) is 11.6 Å². The van der Waals surface area contributed by atoms with Gasteiger partial charge in [-0.15, -0.1) is 11.6 Å². The number of piperidine rings is 1. The molecule has 2 aromatic carbocycles. The first-order valence-corrected chi connectivity index (χ1v) is 13.2. The molecular formula is C25H31ClFNO2S. The number of halogens is 2. The third kappa shape index (κ3) is 8.40. The van der Waals surface area contributed by atoms with E-state index in [1.54, 1.807) is 24.3 Å². The molecule has 0 spiro atoms.